The number of rotatable bonds is 1. The molecule has 0 unspecified atom stereocenters. The molecule has 2 heteroatoms. The van der Waals surface area contributed by atoms with Gasteiger partial charge in [-0.3, -0.25) is 0 Å². The van der Waals surface area contributed by atoms with Crippen molar-refractivity contribution in [3.05, 3.63) is 114 Å². The summed E-state index contributed by atoms with van der Waals surface area (Å²) in [4.78, 5) is 0. The van der Waals surface area contributed by atoms with E-state index in [0.717, 1.165) is 22.5 Å². The molecule has 0 N–H and O–H groups in total. The van der Waals surface area contributed by atoms with Crippen molar-refractivity contribution in [2.45, 2.75) is 19.3 Å². The lowest BCUT2D eigenvalue weighted by atomic mass is 9.80. The van der Waals surface area contributed by atoms with E-state index in [-0.39, 0.29) is 5.41 Å². The van der Waals surface area contributed by atoms with Crippen molar-refractivity contribution in [1.82, 2.24) is 4.57 Å². The van der Waals surface area contributed by atoms with Crippen molar-refractivity contribution in [2.75, 3.05) is 0 Å². The van der Waals surface area contributed by atoms with Crippen molar-refractivity contribution >= 4 is 43.5 Å². The Morgan fingerprint density at radius 2 is 1.26 bits per heavy atom. The molecule has 166 valence electrons. The summed E-state index contributed by atoms with van der Waals surface area (Å²) in [5.41, 5.74) is 8.18. The van der Waals surface area contributed by atoms with Gasteiger partial charge in [0.1, 0.15) is 5.76 Å². The minimum Gasteiger partial charge on any atom is -0.453 e. The molecule has 5 aromatic carbocycles. The van der Waals surface area contributed by atoms with Crippen molar-refractivity contribution in [3.63, 3.8) is 0 Å². The predicted octanol–water partition coefficient (Wildman–Crippen LogP) is 8.99. The zero-order chi connectivity index (χ0) is 23.3. The van der Waals surface area contributed by atoms with E-state index in [1.54, 1.807) is 0 Å². The molecule has 0 aliphatic heterocycles. The maximum absolute atomic E-state index is 6.96. The normalized spacial score (nSPS) is 14.2. The van der Waals surface area contributed by atoms with Crippen molar-refractivity contribution in [1.29, 1.82) is 0 Å². The second kappa shape index (κ2) is 6.43. The minimum absolute atomic E-state index is 0.142. The fraction of sp³-hybridized carbons (Fsp3) is 0.0909. The van der Waals surface area contributed by atoms with Gasteiger partial charge in [-0.1, -0.05) is 98.8 Å². The number of para-hydroxylation sites is 2. The van der Waals surface area contributed by atoms with E-state index in [9.17, 15) is 0 Å². The highest BCUT2D eigenvalue weighted by atomic mass is 16.3. The predicted molar refractivity (Wildman–Crippen MR) is 146 cm³/mol. The second-order valence-electron chi connectivity index (χ2n) is 10.1. The Bertz CT molecular complexity index is 1970. The van der Waals surface area contributed by atoms with Crippen LogP contribution in [0.15, 0.2) is 108 Å². The largest absolute Gasteiger partial charge is 0.453 e. The summed E-state index contributed by atoms with van der Waals surface area (Å²) in [5.74, 6) is 1.02. The topological polar surface area (TPSA) is 18.1 Å². The molecule has 8 rings (SSSR count). The molecule has 0 spiro atoms. The van der Waals surface area contributed by atoms with Crippen LogP contribution in [0.1, 0.15) is 25.0 Å². The van der Waals surface area contributed by atoms with Crippen LogP contribution in [0, 0.1) is 0 Å². The third-order valence-corrected chi connectivity index (χ3v) is 7.95. The maximum atomic E-state index is 6.96. The van der Waals surface area contributed by atoms with Gasteiger partial charge in [-0.15, -0.1) is 0 Å². The SMILES string of the molecule is CC1(C)c2ccccc2-c2oc3c(c21)c1ccccc1c1c2ccccc2n(-c2ccccc2)c31. The first kappa shape index (κ1) is 19.1. The fourth-order valence-electron chi connectivity index (χ4n) is 6.49. The van der Waals surface area contributed by atoms with Gasteiger partial charge in [0.2, 0.25) is 0 Å². The minimum atomic E-state index is -0.142. The average molecular weight is 450 g/mol. The van der Waals surface area contributed by atoms with Gasteiger partial charge < -0.3 is 8.98 Å². The van der Waals surface area contributed by atoms with Gasteiger partial charge in [0.05, 0.1) is 11.0 Å². The molecule has 1 aliphatic carbocycles. The summed E-state index contributed by atoms with van der Waals surface area (Å²) in [6, 6.07) is 36.9. The van der Waals surface area contributed by atoms with E-state index >= 15 is 0 Å². The number of benzene rings is 5. The van der Waals surface area contributed by atoms with Crippen LogP contribution < -0.4 is 0 Å². The lowest BCUT2D eigenvalue weighted by Gasteiger charge is -2.21. The molecule has 0 atom stereocenters. The van der Waals surface area contributed by atoms with Crippen LogP contribution in [0.4, 0.5) is 0 Å². The smallest absolute Gasteiger partial charge is 0.160 e. The molecule has 0 bridgehead atoms. The van der Waals surface area contributed by atoms with Crippen LogP contribution in [-0.2, 0) is 5.41 Å². The van der Waals surface area contributed by atoms with E-state index in [2.05, 4.69) is 122 Å². The van der Waals surface area contributed by atoms with Crippen LogP contribution >= 0.6 is 0 Å². The Kier molecular flexibility index (Phi) is 3.50. The second-order valence-corrected chi connectivity index (χ2v) is 10.1. The zero-order valence-corrected chi connectivity index (χ0v) is 19.7. The molecule has 2 nitrogen and oxygen atoms in total. The summed E-state index contributed by atoms with van der Waals surface area (Å²) >= 11 is 0. The van der Waals surface area contributed by atoms with E-state index in [0.29, 0.717) is 0 Å². The summed E-state index contributed by atoms with van der Waals surface area (Å²) in [6.45, 7) is 4.66. The van der Waals surface area contributed by atoms with E-state index in [1.807, 2.05) is 0 Å². The van der Waals surface area contributed by atoms with Crippen LogP contribution in [0.2, 0.25) is 0 Å². The summed E-state index contributed by atoms with van der Waals surface area (Å²) in [5, 5.41) is 6.28. The number of hydrogen-bond acceptors (Lipinski definition) is 1. The van der Waals surface area contributed by atoms with Crippen LogP contribution in [0.5, 0.6) is 0 Å². The lowest BCUT2D eigenvalue weighted by molar-refractivity contribution is 0.621. The molecule has 0 saturated heterocycles. The fourth-order valence-corrected chi connectivity index (χ4v) is 6.49. The number of hydrogen-bond donors (Lipinski definition) is 0. The van der Waals surface area contributed by atoms with Crippen LogP contribution in [-0.4, -0.2) is 4.57 Å². The van der Waals surface area contributed by atoms with E-state index in [4.69, 9.17) is 4.42 Å². The number of furan rings is 1. The van der Waals surface area contributed by atoms with E-state index < -0.39 is 0 Å². The summed E-state index contributed by atoms with van der Waals surface area (Å²) in [6.07, 6.45) is 0. The van der Waals surface area contributed by atoms with Crippen molar-refractivity contribution < 1.29 is 4.42 Å². The highest BCUT2D eigenvalue weighted by molar-refractivity contribution is 6.32. The Balaban J connectivity index is 1.70. The first-order chi connectivity index (χ1) is 17.2. The molecule has 0 radical (unpaired) electrons. The van der Waals surface area contributed by atoms with Gasteiger partial charge >= 0.3 is 0 Å². The third-order valence-electron chi connectivity index (χ3n) is 7.95. The van der Waals surface area contributed by atoms with E-state index in [1.165, 1.54) is 49.1 Å². The molecule has 2 aromatic heterocycles. The molecule has 35 heavy (non-hydrogen) atoms. The molecule has 0 fully saturated rings. The monoisotopic (exact) mass is 449 g/mol. The van der Waals surface area contributed by atoms with Gasteiger partial charge in [-0.05, 0) is 34.5 Å². The molecule has 2 heterocycles. The maximum Gasteiger partial charge on any atom is 0.160 e. The zero-order valence-electron chi connectivity index (χ0n) is 19.7. The average Bonchev–Trinajstić information content (AvgIpc) is 3.53. The van der Waals surface area contributed by atoms with Crippen molar-refractivity contribution in [3.8, 4) is 17.0 Å². The van der Waals surface area contributed by atoms with Crippen LogP contribution in [0.25, 0.3) is 60.6 Å². The number of fused-ring (bicyclic) bond motifs is 12. The number of aromatic nitrogens is 1. The Morgan fingerprint density at radius 1 is 0.629 bits per heavy atom. The third kappa shape index (κ3) is 2.25. The van der Waals surface area contributed by atoms with Crippen molar-refractivity contribution in [2.24, 2.45) is 0 Å². The summed E-state index contributed by atoms with van der Waals surface area (Å²) in [7, 11) is 0. The Morgan fingerprint density at radius 3 is 2.06 bits per heavy atom. The van der Waals surface area contributed by atoms with Gasteiger partial charge in [-0.2, -0.15) is 0 Å². The molecular weight excluding hydrogens is 426 g/mol. The summed E-state index contributed by atoms with van der Waals surface area (Å²) < 4.78 is 9.35. The first-order valence-corrected chi connectivity index (χ1v) is 12.2. The Labute approximate surface area is 203 Å². The number of nitrogens with zero attached hydrogens (tertiary/aromatic N) is 1. The standard InChI is InChI=1S/C33H23NO/c1-33(2)25-18-10-8-16-23(25)31-29(33)28-22-15-7-6-14-21(22)27-24-17-9-11-19-26(24)34(30(27)32(28)35-31)20-12-4-3-5-13-20/h3-19H,1-2H3. The molecule has 7 aromatic rings. The molecule has 1 aliphatic rings. The Hall–Kier alpha value is -4.30. The lowest BCUT2D eigenvalue weighted by Crippen LogP contribution is -2.14. The first-order valence-electron chi connectivity index (χ1n) is 12.2. The van der Waals surface area contributed by atoms with Gasteiger partial charge in [0.15, 0.2) is 5.58 Å². The van der Waals surface area contributed by atoms with Gasteiger partial charge in [-0.25, -0.2) is 0 Å². The highest BCUT2D eigenvalue weighted by Crippen LogP contribution is 2.56. The van der Waals surface area contributed by atoms with Gasteiger partial charge in [0, 0.05) is 38.4 Å². The highest BCUT2D eigenvalue weighted by Gasteiger charge is 2.41. The molecule has 0 amide bonds. The quantitative estimate of drug-likeness (QED) is 0.244. The van der Waals surface area contributed by atoms with Crippen LogP contribution in [0.3, 0.4) is 0 Å². The molecular formula is C33H23NO. The van der Waals surface area contributed by atoms with Gasteiger partial charge in [0.25, 0.3) is 0 Å². The molecule has 0 saturated carbocycles.